The Bertz CT molecular complexity index is 474. The molecular formula is C14H18N2O2S. The van der Waals surface area contributed by atoms with Crippen molar-refractivity contribution >= 4 is 17.7 Å². The van der Waals surface area contributed by atoms with Gasteiger partial charge in [-0.25, -0.2) is 4.79 Å². The van der Waals surface area contributed by atoms with Gasteiger partial charge in [0.25, 0.3) is 0 Å². The van der Waals surface area contributed by atoms with Crippen molar-refractivity contribution in [2.24, 2.45) is 5.41 Å². The Morgan fingerprint density at radius 2 is 2.32 bits per heavy atom. The monoisotopic (exact) mass is 278 g/mol. The Hall–Kier alpha value is -1.41. The fourth-order valence-corrected chi connectivity index (χ4v) is 3.52. The van der Waals surface area contributed by atoms with Crippen LogP contribution in [0.25, 0.3) is 0 Å². The predicted molar refractivity (Wildman–Crippen MR) is 75.1 cm³/mol. The summed E-state index contributed by atoms with van der Waals surface area (Å²) in [4.78, 5) is 13.4. The van der Waals surface area contributed by atoms with E-state index in [0.717, 1.165) is 23.5 Å². The van der Waals surface area contributed by atoms with Crippen molar-refractivity contribution in [2.45, 2.75) is 32.2 Å². The van der Waals surface area contributed by atoms with E-state index in [0.29, 0.717) is 6.61 Å². The number of allylic oxidation sites excluding steroid dienone is 2. The van der Waals surface area contributed by atoms with Gasteiger partial charge in [0.15, 0.2) is 5.54 Å². The number of esters is 1. The third kappa shape index (κ3) is 2.04. The van der Waals surface area contributed by atoms with E-state index in [1.165, 1.54) is 0 Å². The van der Waals surface area contributed by atoms with Crippen molar-refractivity contribution in [3.8, 4) is 6.07 Å². The summed E-state index contributed by atoms with van der Waals surface area (Å²) < 4.78 is 5.25. The lowest BCUT2D eigenvalue weighted by Gasteiger charge is -2.39. The van der Waals surface area contributed by atoms with Gasteiger partial charge in [0, 0.05) is 4.91 Å². The number of hydrogen-bond acceptors (Lipinski definition) is 5. The summed E-state index contributed by atoms with van der Waals surface area (Å²) in [5, 5.41) is 12.7. The molecule has 1 aliphatic heterocycles. The number of dihydropyridines is 1. The van der Waals surface area contributed by atoms with Crippen LogP contribution in [0.4, 0.5) is 0 Å². The van der Waals surface area contributed by atoms with Gasteiger partial charge in [-0.1, -0.05) is 6.92 Å². The van der Waals surface area contributed by atoms with Gasteiger partial charge in [-0.3, -0.25) is 0 Å². The molecule has 1 saturated carbocycles. The van der Waals surface area contributed by atoms with Crippen molar-refractivity contribution in [2.75, 3.05) is 12.4 Å². The molecule has 0 aromatic rings. The molecule has 2 aliphatic rings. The maximum absolute atomic E-state index is 12.5. The van der Waals surface area contributed by atoms with Crippen molar-refractivity contribution in [3.63, 3.8) is 0 Å². The Morgan fingerprint density at radius 1 is 1.58 bits per heavy atom. The zero-order valence-electron chi connectivity index (χ0n) is 11.2. The van der Waals surface area contributed by atoms with E-state index in [4.69, 9.17) is 4.74 Å². The van der Waals surface area contributed by atoms with Crippen LogP contribution in [0, 0.1) is 16.7 Å². The fraction of sp³-hybridized carbons (Fsp3) is 0.571. The van der Waals surface area contributed by atoms with E-state index in [2.05, 4.69) is 11.4 Å². The largest absolute Gasteiger partial charge is 0.464 e. The molecule has 1 atom stereocenters. The minimum absolute atomic E-state index is 0.317. The molecule has 102 valence electrons. The predicted octanol–water partition coefficient (Wildman–Crippen LogP) is 2.35. The van der Waals surface area contributed by atoms with Gasteiger partial charge in [0.1, 0.15) is 0 Å². The lowest BCUT2D eigenvalue weighted by Crippen LogP contribution is -2.59. The molecule has 0 saturated heterocycles. The first-order valence-electron chi connectivity index (χ1n) is 6.53. The molecule has 5 heteroatoms. The van der Waals surface area contributed by atoms with Crippen LogP contribution in [0.2, 0.25) is 0 Å². The second kappa shape index (κ2) is 5.30. The van der Waals surface area contributed by atoms with Crippen molar-refractivity contribution < 1.29 is 9.53 Å². The van der Waals surface area contributed by atoms with Crippen LogP contribution in [0.3, 0.4) is 0 Å². The summed E-state index contributed by atoms with van der Waals surface area (Å²) in [6, 6.07) is 2.34. The number of thioether (sulfide) groups is 1. The molecule has 19 heavy (non-hydrogen) atoms. The maximum atomic E-state index is 12.5. The first-order valence-corrected chi connectivity index (χ1v) is 7.51. The maximum Gasteiger partial charge on any atom is 0.338 e. The summed E-state index contributed by atoms with van der Waals surface area (Å²) >= 11 is 1.59. The topological polar surface area (TPSA) is 62.1 Å². The standard InChI is InChI=1S/C14H18N2O2S/c1-3-18-12(17)14(13(10-15)7-8-13)11(19-4-2)6-5-9-16-14/h5-6,9,16H,3-4,7-8H2,1-2H3. The van der Waals surface area contributed by atoms with Crippen LogP contribution in [-0.4, -0.2) is 23.9 Å². The van der Waals surface area contributed by atoms with Crippen molar-refractivity contribution in [1.29, 1.82) is 5.26 Å². The highest BCUT2D eigenvalue weighted by Crippen LogP contribution is 2.59. The van der Waals surface area contributed by atoms with E-state index in [9.17, 15) is 10.1 Å². The summed E-state index contributed by atoms with van der Waals surface area (Å²) in [5.41, 5.74) is -1.69. The van der Waals surface area contributed by atoms with E-state index in [1.54, 1.807) is 24.9 Å². The van der Waals surface area contributed by atoms with Crippen LogP contribution in [0.1, 0.15) is 26.7 Å². The molecule has 0 aromatic carbocycles. The number of carbonyl (C=O) groups is 1. The van der Waals surface area contributed by atoms with E-state index in [-0.39, 0.29) is 5.97 Å². The highest BCUT2D eigenvalue weighted by atomic mass is 32.2. The van der Waals surface area contributed by atoms with Crippen molar-refractivity contribution in [3.05, 3.63) is 23.3 Å². The highest BCUT2D eigenvalue weighted by Gasteiger charge is 2.67. The number of carbonyl (C=O) groups excluding carboxylic acids is 1. The number of hydrogen-bond donors (Lipinski definition) is 1. The number of nitriles is 1. The second-order valence-corrected chi connectivity index (χ2v) is 5.94. The van der Waals surface area contributed by atoms with Gasteiger partial charge >= 0.3 is 5.97 Å². The summed E-state index contributed by atoms with van der Waals surface area (Å²) in [6.07, 6.45) is 6.96. The third-order valence-electron chi connectivity index (χ3n) is 3.58. The molecule has 2 rings (SSSR count). The Kier molecular flexibility index (Phi) is 3.91. The first kappa shape index (κ1) is 14.0. The first-order chi connectivity index (χ1) is 9.16. The van der Waals surface area contributed by atoms with E-state index in [1.807, 2.05) is 19.1 Å². The SMILES string of the molecule is CCOC(=O)C1(C2(C#N)CC2)NC=CC=C1SCC. The summed E-state index contributed by atoms with van der Waals surface area (Å²) in [7, 11) is 0. The molecule has 1 N–H and O–H groups in total. The lowest BCUT2D eigenvalue weighted by atomic mass is 9.79. The zero-order valence-corrected chi connectivity index (χ0v) is 12.0. The number of nitrogens with zero attached hydrogens (tertiary/aromatic N) is 1. The molecule has 1 heterocycles. The van der Waals surface area contributed by atoms with Crippen LogP contribution >= 0.6 is 11.8 Å². The molecule has 1 aliphatic carbocycles. The average Bonchev–Trinajstić information content (AvgIpc) is 3.21. The van der Waals surface area contributed by atoms with Crippen molar-refractivity contribution in [1.82, 2.24) is 5.32 Å². The normalized spacial score (nSPS) is 26.9. The molecule has 1 unspecified atom stereocenters. The molecule has 0 radical (unpaired) electrons. The Morgan fingerprint density at radius 3 is 2.84 bits per heavy atom. The number of nitrogens with one attached hydrogen (secondary N) is 1. The molecule has 0 aromatic heterocycles. The van der Waals surface area contributed by atoms with Gasteiger partial charge in [-0.15, -0.1) is 11.8 Å². The van der Waals surface area contributed by atoms with Gasteiger partial charge in [0.05, 0.1) is 18.1 Å². The molecule has 1 fully saturated rings. The summed E-state index contributed by atoms with van der Waals surface area (Å²) in [5.74, 6) is 0.509. The average molecular weight is 278 g/mol. The van der Waals surface area contributed by atoms with Crippen LogP contribution < -0.4 is 5.32 Å². The fourth-order valence-electron chi connectivity index (χ4n) is 2.48. The molecular weight excluding hydrogens is 260 g/mol. The van der Waals surface area contributed by atoms with Gasteiger partial charge in [-0.05, 0) is 43.9 Å². The Labute approximate surface area is 117 Å². The number of rotatable bonds is 5. The molecule has 0 amide bonds. The smallest absolute Gasteiger partial charge is 0.338 e. The quantitative estimate of drug-likeness (QED) is 0.782. The zero-order chi connectivity index (χ0) is 13.9. The van der Waals surface area contributed by atoms with Gasteiger partial charge in [0.2, 0.25) is 0 Å². The second-order valence-electron chi connectivity index (χ2n) is 4.63. The van der Waals surface area contributed by atoms with Crippen LogP contribution in [0.15, 0.2) is 23.3 Å². The molecule has 0 bridgehead atoms. The van der Waals surface area contributed by atoms with Crippen LogP contribution in [0.5, 0.6) is 0 Å². The van der Waals surface area contributed by atoms with E-state index < -0.39 is 11.0 Å². The molecule has 0 spiro atoms. The lowest BCUT2D eigenvalue weighted by molar-refractivity contribution is -0.150. The molecule has 4 nitrogen and oxygen atoms in total. The van der Waals surface area contributed by atoms with Gasteiger partial charge in [-0.2, -0.15) is 5.26 Å². The number of ether oxygens (including phenoxy) is 1. The highest BCUT2D eigenvalue weighted by molar-refractivity contribution is 8.03. The van der Waals surface area contributed by atoms with E-state index >= 15 is 0 Å². The third-order valence-corrected chi connectivity index (χ3v) is 4.62. The minimum Gasteiger partial charge on any atom is -0.464 e. The van der Waals surface area contributed by atoms with Crippen LogP contribution in [-0.2, 0) is 9.53 Å². The Balaban J connectivity index is 2.46. The van der Waals surface area contributed by atoms with Gasteiger partial charge < -0.3 is 10.1 Å². The summed E-state index contributed by atoms with van der Waals surface area (Å²) in [6.45, 7) is 4.13. The minimum atomic E-state index is -1.02.